The van der Waals surface area contributed by atoms with Gasteiger partial charge in [0.15, 0.2) is 11.5 Å². The van der Waals surface area contributed by atoms with Crippen molar-refractivity contribution in [3.63, 3.8) is 0 Å². The Morgan fingerprint density at radius 1 is 1.19 bits per heavy atom. The number of anilines is 1. The van der Waals surface area contributed by atoms with Gasteiger partial charge in [0.25, 0.3) is 0 Å². The number of aromatic nitrogens is 6. The van der Waals surface area contributed by atoms with Crippen LogP contribution in [-0.2, 0) is 13.6 Å². The molecular formula is C14H13N7. The summed E-state index contributed by atoms with van der Waals surface area (Å²) in [6.45, 7) is 0.520. The summed E-state index contributed by atoms with van der Waals surface area (Å²) in [4.78, 5) is 13.3. The van der Waals surface area contributed by atoms with Gasteiger partial charge in [0, 0.05) is 7.05 Å². The minimum absolute atomic E-state index is 0.451. The molecule has 7 heteroatoms. The summed E-state index contributed by atoms with van der Waals surface area (Å²) in [5.74, 6) is 1.10. The molecular weight excluding hydrogens is 266 g/mol. The Labute approximate surface area is 120 Å². The molecule has 0 aliphatic rings. The third-order valence-electron chi connectivity index (χ3n) is 3.51. The molecule has 2 N–H and O–H groups in total. The number of benzene rings is 1. The molecule has 3 aromatic heterocycles. The summed E-state index contributed by atoms with van der Waals surface area (Å²) in [7, 11) is 1.84. The predicted molar refractivity (Wildman–Crippen MR) is 79.6 cm³/mol. The lowest BCUT2D eigenvalue weighted by atomic mass is 10.3. The van der Waals surface area contributed by atoms with Crippen LogP contribution in [0.15, 0.2) is 36.8 Å². The van der Waals surface area contributed by atoms with Gasteiger partial charge in [0.2, 0.25) is 0 Å². The Kier molecular flexibility index (Phi) is 2.41. The highest BCUT2D eigenvalue weighted by Gasteiger charge is 2.10. The summed E-state index contributed by atoms with van der Waals surface area (Å²) in [6, 6.07) is 7.95. The summed E-state index contributed by atoms with van der Waals surface area (Å²) in [6.07, 6.45) is 3.47. The van der Waals surface area contributed by atoms with E-state index in [2.05, 4.69) is 20.1 Å². The molecule has 0 bridgehead atoms. The maximum absolute atomic E-state index is 5.98. The zero-order valence-corrected chi connectivity index (χ0v) is 11.4. The Balaban J connectivity index is 1.82. The normalized spacial score (nSPS) is 11.5. The van der Waals surface area contributed by atoms with Crippen LogP contribution in [0, 0.1) is 0 Å². The monoisotopic (exact) mass is 279 g/mol. The molecule has 0 unspecified atom stereocenters. The van der Waals surface area contributed by atoms with Crippen molar-refractivity contribution in [2.24, 2.45) is 7.05 Å². The predicted octanol–water partition coefficient (Wildman–Crippen LogP) is 1.34. The molecule has 7 nitrogen and oxygen atoms in total. The summed E-state index contributed by atoms with van der Waals surface area (Å²) in [5, 5.41) is 4.93. The van der Waals surface area contributed by atoms with E-state index >= 15 is 0 Å². The van der Waals surface area contributed by atoms with Crippen molar-refractivity contribution in [1.82, 2.24) is 29.3 Å². The standard InChI is InChI=1S/C14H13N7/c1-20-14-9(6-17-20)13(15)18-12(19-14)7-21-8-16-10-4-2-3-5-11(10)21/h2-6,8H,7H2,1H3,(H2,15,18,19). The summed E-state index contributed by atoms with van der Waals surface area (Å²) >= 11 is 0. The van der Waals surface area contributed by atoms with Gasteiger partial charge in [-0.1, -0.05) is 12.1 Å². The molecule has 0 saturated heterocycles. The molecule has 4 aromatic rings. The van der Waals surface area contributed by atoms with E-state index in [0.29, 0.717) is 18.2 Å². The highest BCUT2D eigenvalue weighted by molar-refractivity contribution is 5.85. The zero-order chi connectivity index (χ0) is 14.4. The number of fused-ring (bicyclic) bond motifs is 2. The number of nitrogens with two attached hydrogens (primary N) is 1. The highest BCUT2D eigenvalue weighted by Crippen LogP contribution is 2.18. The lowest BCUT2D eigenvalue weighted by Crippen LogP contribution is -2.07. The minimum atomic E-state index is 0.451. The fourth-order valence-corrected chi connectivity index (χ4v) is 2.45. The Morgan fingerprint density at radius 3 is 2.95 bits per heavy atom. The van der Waals surface area contributed by atoms with E-state index in [1.54, 1.807) is 17.2 Å². The van der Waals surface area contributed by atoms with Gasteiger partial charge < -0.3 is 10.3 Å². The van der Waals surface area contributed by atoms with Crippen LogP contribution in [0.3, 0.4) is 0 Å². The van der Waals surface area contributed by atoms with Crippen molar-refractivity contribution in [3.8, 4) is 0 Å². The molecule has 0 atom stereocenters. The van der Waals surface area contributed by atoms with Crippen molar-refractivity contribution in [1.29, 1.82) is 0 Å². The number of hydrogen-bond donors (Lipinski definition) is 1. The Bertz CT molecular complexity index is 950. The van der Waals surface area contributed by atoms with Crippen molar-refractivity contribution in [2.45, 2.75) is 6.54 Å². The van der Waals surface area contributed by atoms with Crippen molar-refractivity contribution in [2.75, 3.05) is 5.73 Å². The number of para-hydroxylation sites is 2. The van der Waals surface area contributed by atoms with Gasteiger partial charge in [0.05, 0.1) is 35.5 Å². The first-order chi connectivity index (χ1) is 10.2. The van der Waals surface area contributed by atoms with Crippen molar-refractivity contribution in [3.05, 3.63) is 42.6 Å². The van der Waals surface area contributed by atoms with Crippen LogP contribution in [0.25, 0.3) is 22.1 Å². The van der Waals surface area contributed by atoms with E-state index in [4.69, 9.17) is 5.73 Å². The van der Waals surface area contributed by atoms with Crippen LogP contribution in [0.1, 0.15) is 5.82 Å². The number of rotatable bonds is 2. The largest absolute Gasteiger partial charge is 0.383 e. The number of imidazole rings is 1. The number of nitrogen functional groups attached to an aromatic ring is 1. The molecule has 1 aromatic carbocycles. The number of nitrogens with zero attached hydrogens (tertiary/aromatic N) is 6. The maximum Gasteiger partial charge on any atom is 0.163 e. The van der Waals surface area contributed by atoms with Gasteiger partial charge in [-0.05, 0) is 12.1 Å². The Hall–Kier alpha value is -2.96. The maximum atomic E-state index is 5.98. The van der Waals surface area contributed by atoms with Gasteiger partial charge >= 0.3 is 0 Å². The van der Waals surface area contributed by atoms with Crippen LogP contribution < -0.4 is 5.73 Å². The number of hydrogen-bond acceptors (Lipinski definition) is 5. The molecule has 0 radical (unpaired) electrons. The zero-order valence-electron chi connectivity index (χ0n) is 11.4. The van der Waals surface area contributed by atoms with E-state index in [9.17, 15) is 0 Å². The van der Waals surface area contributed by atoms with Crippen LogP contribution in [0.4, 0.5) is 5.82 Å². The number of aryl methyl sites for hydroxylation is 1. The lowest BCUT2D eigenvalue weighted by Gasteiger charge is -2.05. The second-order valence-corrected chi connectivity index (χ2v) is 4.89. The minimum Gasteiger partial charge on any atom is -0.383 e. The fraction of sp³-hybridized carbons (Fsp3) is 0.143. The van der Waals surface area contributed by atoms with Crippen molar-refractivity contribution >= 4 is 27.9 Å². The van der Waals surface area contributed by atoms with E-state index in [1.165, 1.54) is 0 Å². The van der Waals surface area contributed by atoms with Gasteiger partial charge in [0.1, 0.15) is 5.82 Å². The smallest absolute Gasteiger partial charge is 0.163 e. The van der Waals surface area contributed by atoms with E-state index in [1.807, 2.05) is 35.9 Å². The lowest BCUT2D eigenvalue weighted by molar-refractivity contribution is 0.749. The molecule has 0 amide bonds. The molecule has 0 spiro atoms. The summed E-state index contributed by atoms with van der Waals surface area (Å²) in [5.41, 5.74) is 8.72. The molecule has 4 rings (SSSR count). The van der Waals surface area contributed by atoms with E-state index in [-0.39, 0.29) is 0 Å². The first-order valence-electron chi connectivity index (χ1n) is 6.56. The third kappa shape index (κ3) is 1.82. The first kappa shape index (κ1) is 11.8. The molecule has 0 fully saturated rings. The molecule has 0 aliphatic carbocycles. The van der Waals surface area contributed by atoms with Crippen LogP contribution >= 0.6 is 0 Å². The highest BCUT2D eigenvalue weighted by atomic mass is 15.3. The fourth-order valence-electron chi connectivity index (χ4n) is 2.45. The molecule has 21 heavy (non-hydrogen) atoms. The second-order valence-electron chi connectivity index (χ2n) is 4.89. The topological polar surface area (TPSA) is 87.4 Å². The average Bonchev–Trinajstić information content (AvgIpc) is 3.05. The van der Waals surface area contributed by atoms with Gasteiger partial charge in [-0.15, -0.1) is 0 Å². The van der Waals surface area contributed by atoms with Gasteiger partial charge in [-0.25, -0.2) is 15.0 Å². The van der Waals surface area contributed by atoms with E-state index in [0.717, 1.165) is 22.1 Å². The quantitative estimate of drug-likeness (QED) is 0.598. The van der Waals surface area contributed by atoms with Crippen LogP contribution in [-0.4, -0.2) is 29.3 Å². The SMILES string of the molecule is Cn1ncc2c(N)nc(Cn3cnc4ccccc43)nc21. The van der Waals surface area contributed by atoms with E-state index < -0.39 is 0 Å². The molecule has 0 saturated carbocycles. The Morgan fingerprint density at radius 2 is 2.05 bits per heavy atom. The molecule has 104 valence electrons. The molecule has 0 aliphatic heterocycles. The van der Waals surface area contributed by atoms with Crippen LogP contribution in [0.5, 0.6) is 0 Å². The summed E-state index contributed by atoms with van der Waals surface area (Å²) < 4.78 is 3.70. The molecule has 3 heterocycles. The van der Waals surface area contributed by atoms with Crippen molar-refractivity contribution < 1.29 is 0 Å². The van der Waals surface area contributed by atoms with Crippen LogP contribution in [0.2, 0.25) is 0 Å². The first-order valence-corrected chi connectivity index (χ1v) is 6.56. The van der Waals surface area contributed by atoms with Gasteiger partial charge in [-0.2, -0.15) is 5.10 Å². The van der Waals surface area contributed by atoms with Gasteiger partial charge in [-0.3, -0.25) is 4.68 Å². The average molecular weight is 279 g/mol. The third-order valence-corrected chi connectivity index (χ3v) is 3.51. The second kappa shape index (κ2) is 4.27.